The maximum Gasteiger partial charge on any atom is 0.303 e. The van der Waals surface area contributed by atoms with Gasteiger partial charge in [-0.1, -0.05) is 51.8 Å². The van der Waals surface area contributed by atoms with Crippen LogP contribution in [0.4, 0.5) is 0 Å². The zero-order valence-corrected chi connectivity index (χ0v) is 24.3. The Morgan fingerprint density at radius 2 is 1.73 bits per heavy atom. The van der Waals surface area contributed by atoms with Crippen molar-refractivity contribution in [2.45, 2.75) is 119 Å². The van der Waals surface area contributed by atoms with E-state index in [0.29, 0.717) is 18.3 Å². The van der Waals surface area contributed by atoms with E-state index in [4.69, 9.17) is 4.74 Å². The lowest BCUT2D eigenvalue weighted by atomic mass is 9.38. The molecule has 0 amide bonds. The third kappa shape index (κ3) is 4.27. The van der Waals surface area contributed by atoms with Crippen molar-refractivity contribution in [3.05, 3.63) is 23.3 Å². The average molecular weight is 515 g/mol. The van der Waals surface area contributed by atoms with Crippen LogP contribution in [0.2, 0.25) is 0 Å². The van der Waals surface area contributed by atoms with Gasteiger partial charge in [-0.05, 0) is 93.5 Å². The Kier molecular flexibility index (Phi) is 7.42. The molecule has 3 fully saturated rings. The van der Waals surface area contributed by atoms with Crippen LogP contribution in [0.1, 0.15) is 100 Å². The summed E-state index contributed by atoms with van der Waals surface area (Å²) >= 11 is 0. The first kappa shape index (κ1) is 28.5. The predicted octanol–water partition coefficient (Wildman–Crippen LogP) is 6.03. The molecule has 4 aliphatic rings. The van der Waals surface area contributed by atoms with Crippen molar-refractivity contribution in [1.29, 1.82) is 0 Å². The van der Waals surface area contributed by atoms with Crippen molar-refractivity contribution in [3.8, 4) is 0 Å². The van der Waals surface area contributed by atoms with Gasteiger partial charge >= 0.3 is 5.97 Å². The van der Waals surface area contributed by atoms with Gasteiger partial charge in [-0.3, -0.25) is 4.79 Å². The first-order valence-corrected chi connectivity index (χ1v) is 14.5. The smallest absolute Gasteiger partial charge is 0.303 e. The zero-order valence-electron chi connectivity index (χ0n) is 24.3. The SMILES string of the molecule is CC(=O)O[C@@H](C=C(C)C)C[C@@H](C)[C@H]1CC[C@@]2(C)[C@@H]3[C@@H](O)C=C4[C@@H](CC[C@H](O)C4(C)C)[C@]3(C=O)CC[C@]12C. The number of rotatable bonds is 6. The number of hydrogen-bond acceptors (Lipinski definition) is 5. The second-order valence-corrected chi connectivity index (χ2v) is 14.3. The molecule has 0 saturated heterocycles. The van der Waals surface area contributed by atoms with E-state index >= 15 is 0 Å². The van der Waals surface area contributed by atoms with E-state index in [-0.39, 0.29) is 34.7 Å². The van der Waals surface area contributed by atoms with Crippen LogP contribution in [0.15, 0.2) is 23.3 Å². The molecule has 0 heterocycles. The first-order chi connectivity index (χ1) is 17.1. The quantitative estimate of drug-likeness (QED) is 0.257. The minimum Gasteiger partial charge on any atom is -0.458 e. The van der Waals surface area contributed by atoms with Gasteiger partial charge in [-0.15, -0.1) is 0 Å². The number of carbonyl (C=O) groups excluding carboxylic acids is 2. The van der Waals surface area contributed by atoms with Gasteiger partial charge in [0.05, 0.1) is 12.2 Å². The molecule has 0 aromatic carbocycles. The molecule has 0 unspecified atom stereocenters. The number of aliphatic hydroxyl groups is 2. The van der Waals surface area contributed by atoms with Crippen molar-refractivity contribution < 1.29 is 24.5 Å². The normalized spacial score (nSPS) is 43.8. The van der Waals surface area contributed by atoms with Crippen LogP contribution in [0, 0.1) is 45.3 Å². The number of fused-ring (bicyclic) bond motifs is 5. The maximum absolute atomic E-state index is 13.2. The Morgan fingerprint density at radius 3 is 2.32 bits per heavy atom. The van der Waals surface area contributed by atoms with E-state index in [1.54, 1.807) is 0 Å². The van der Waals surface area contributed by atoms with Gasteiger partial charge in [0, 0.05) is 23.7 Å². The highest BCUT2D eigenvalue weighted by Gasteiger charge is 2.70. The summed E-state index contributed by atoms with van der Waals surface area (Å²) in [6.45, 7) is 16.7. The van der Waals surface area contributed by atoms with Crippen LogP contribution in [0.25, 0.3) is 0 Å². The third-order valence-corrected chi connectivity index (χ3v) is 11.8. The van der Waals surface area contributed by atoms with E-state index in [1.807, 2.05) is 19.9 Å². The molecule has 0 spiro atoms. The molecule has 0 radical (unpaired) electrons. The van der Waals surface area contributed by atoms with Gasteiger partial charge in [0.15, 0.2) is 0 Å². The Balaban J connectivity index is 1.69. The molecule has 3 saturated carbocycles. The Bertz CT molecular complexity index is 976. The second kappa shape index (κ2) is 9.62. The molecular weight excluding hydrogens is 464 g/mol. The molecule has 0 aliphatic heterocycles. The lowest BCUT2D eigenvalue weighted by Gasteiger charge is -2.66. The molecule has 4 rings (SSSR count). The Morgan fingerprint density at radius 1 is 1.05 bits per heavy atom. The third-order valence-electron chi connectivity index (χ3n) is 11.8. The van der Waals surface area contributed by atoms with E-state index < -0.39 is 23.0 Å². The highest BCUT2D eigenvalue weighted by molar-refractivity contribution is 5.66. The summed E-state index contributed by atoms with van der Waals surface area (Å²) in [7, 11) is 0. The number of allylic oxidation sites excluding steroid dienone is 1. The van der Waals surface area contributed by atoms with E-state index in [9.17, 15) is 19.8 Å². The van der Waals surface area contributed by atoms with Crippen LogP contribution >= 0.6 is 0 Å². The topological polar surface area (TPSA) is 83.8 Å². The average Bonchev–Trinajstić information content (AvgIpc) is 3.06. The second-order valence-electron chi connectivity index (χ2n) is 14.3. The van der Waals surface area contributed by atoms with Gasteiger partial charge < -0.3 is 19.7 Å². The van der Waals surface area contributed by atoms with Crippen molar-refractivity contribution in [1.82, 2.24) is 0 Å². The van der Waals surface area contributed by atoms with Gasteiger partial charge in [0.1, 0.15) is 12.4 Å². The number of esters is 1. The first-order valence-electron chi connectivity index (χ1n) is 14.5. The fourth-order valence-corrected chi connectivity index (χ4v) is 9.82. The van der Waals surface area contributed by atoms with Crippen molar-refractivity contribution in [2.75, 3.05) is 0 Å². The van der Waals surface area contributed by atoms with Crippen LogP contribution in [0.3, 0.4) is 0 Å². The summed E-state index contributed by atoms with van der Waals surface area (Å²) in [4.78, 5) is 24.9. The molecule has 208 valence electrons. The zero-order chi connectivity index (χ0) is 27.6. The number of carbonyl (C=O) groups is 2. The minimum atomic E-state index is -0.695. The van der Waals surface area contributed by atoms with Crippen LogP contribution in [-0.2, 0) is 14.3 Å². The minimum absolute atomic E-state index is 0.0225. The Hall–Kier alpha value is -1.46. The predicted molar refractivity (Wildman–Crippen MR) is 146 cm³/mol. The summed E-state index contributed by atoms with van der Waals surface area (Å²) in [5.74, 6) is 0.467. The fourth-order valence-electron chi connectivity index (χ4n) is 9.82. The lowest BCUT2D eigenvalue weighted by Crippen LogP contribution is -2.64. The molecule has 2 N–H and O–H groups in total. The summed E-state index contributed by atoms with van der Waals surface area (Å²) in [5.41, 5.74) is 1.00. The van der Waals surface area contributed by atoms with Crippen LogP contribution in [0.5, 0.6) is 0 Å². The molecule has 0 bridgehead atoms. The summed E-state index contributed by atoms with van der Waals surface area (Å²) in [6, 6.07) is 0. The molecule has 5 heteroatoms. The van der Waals surface area contributed by atoms with E-state index in [0.717, 1.165) is 49.7 Å². The standard InChI is InChI=1S/C32H50O5/c1-19(2)15-22(37-21(4)34)16-20(3)23-11-12-31(8)28-26(35)17-25-24(9-10-27(36)29(25,5)6)32(28,18-33)14-13-30(23,31)7/h15,17-18,20,22-24,26-28,35-36H,9-14,16H2,1-8H3/t20-,22+,23-,24-,26+,27+,28+,30-,31+,32-/m1/s1. The number of aldehydes is 1. The van der Waals surface area contributed by atoms with Crippen LogP contribution in [-0.4, -0.2) is 40.8 Å². The van der Waals surface area contributed by atoms with E-state index in [1.165, 1.54) is 13.2 Å². The highest BCUT2D eigenvalue weighted by Crippen LogP contribution is 2.74. The summed E-state index contributed by atoms with van der Waals surface area (Å²) in [5, 5.41) is 22.6. The van der Waals surface area contributed by atoms with Gasteiger partial charge in [0.25, 0.3) is 0 Å². The number of ether oxygens (including phenoxy) is 1. The van der Waals surface area contributed by atoms with Crippen molar-refractivity contribution >= 4 is 12.3 Å². The largest absolute Gasteiger partial charge is 0.458 e. The summed E-state index contributed by atoms with van der Waals surface area (Å²) in [6.07, 6.45) is 9.98. The highest BCUT2D eigenvalue weighted by atomic mass is 16.5. The molecule has 10 atom stereocenters. The summed E-state index contributed by atoms with van der Waals surface area (Å²) < 4.78 is 5.68. The lowest BCUT2D eigenvalue weighted by molar-refractivity contribution is -0.183. The molecule has 0 aromatic heterocycles. The van der Waals surface area contributed by atoms with Gasteiger partial charge in [0.2, 0.25) is 0 Å². The Labute approximate surface area is 224 Å². The van der Waals surface area contributed by atoms with Gasteiger partial charge in [-0.25, -0.2) is 0 Å². The van der Waals surface area contributed by atoms with E-state index in [2.05, 4.69) is 40.7 Å². The molecule has 5 nitrogen and oxygen atoms in total. The van der Waals surface area contributed by atoms with Crippen LogP contribution < -0.4 is 0 Å². The van der Waals surface area contributed by atoms with Crippen molar-refractivity contribution in [2.24, 2.45) is 45.3 Å². The van der Waals surface area contributed by atoms with Crippen molar-refractivity contribution in [3.63, 3.8) is 0 Å². The number of hydrogen-bond donors (Lipinski definition) is 2. The monoisotopic (exact) mass is 514 g/mol. The maximum atomic E-state index is 13.2. The number of aliphatic hydroxyl groups excluding tert-OH is 2. The molecule has 0 aromatic rings. The fraction of sp³-hybridized carbons (Fsp3) is 0.812. The molecule has 37 heavy (non-hydrogen) atoms. The molecule has 4 aliphatic carbocycles. The molecular formula is C32H50O5. The van der Waals surface area contributed by atoms with Gasteiger partial charge in [-0.2, -0.15) is 0 Å².